The Morgan fingerprint density at radius 2 is 1.91 bits per heavy atom. The summed E-state index contributed by atoms with van der Waals surface area (Å²) in [6.45, 7) is 4.46. The molecule has 1 amide bonds. The molecule has 0 aromatic heterocycles. The van der Waals surface area contributed by atoms with E-state index >= 15 is 0 Å². The molecular formula is C19H32N2O2. The first-order valence-corrected chi connectivity index (χ1v) is 8.68. The van der Waals surface area contributed by atoms with Crippen LogP contribution in [0.2, 0.25) is 0 Å². The Morgan fingerprint density at radius 3 is 2.52 bits per heavy atom. The lowest BCUT2D eigenvalue weighted by molar-refractivity contribution is 0.209. The van der Waals surface area contributed by atoms with Crippen LogP contribution in [0, 0.1) is 0 Å². The lowest BCUT2D eigenvalue weighted by Crippen LogP contribution is -2.27. The van der Waals surface area contributed by atoms with Crippen LogP contribution < -0.4 is 10.5 Å². The van der Waals surface area contributed by atoms with E-state index in [0.717, 1.165) is 18.4 Å². The second-order valence-electron chi connectivity index (χ2n) is 6.55. The minimum absolute atomic E-state index is 0.375. The van der Waals surface area contributed by atoms with Crippen LogP contribution in [-0.2, 0) is 0 Å². The smallest absolute Gasteiger partial charge is 0.409 e. The number of unbranched alkanes of at least 4 members (excludes halogenated alkanes) is 3. The Kier molecular flexibility index (Phi) is 8.70. The number of para-hydroxylation sites is 1. The zero-order valence-corrected chi connectivity index (χ0v) is 15.0. The van der Waals surface area contributed by atoms with Crippen LogP contribution in [-0.4, -0.2) is 31.1 Å². The van der Waals surface area contributed by atoms with Gasteiger partial charge in [0.25, 0.3) is 0 Å². The average Bonchev–Trinajstić information content (AvgIpc) is 2.50. The topological polar surface area (TPSA) is 55.6 Å². The second-order valence-corrected chi connectivity index (χ2v) is 6.55. The van der Waals surface area contributed by atoms with Gasteiger partial charge in [-0.15, -0.1) is 0 Å². The number of hydrogen-bond donors (Lipinski definition) is 1. The summed E-state index contributed by atoms with van der Waals surface area (Å²) in [6.07, 6.45) is 6.36. The molecule has 1 rings (SSSR count). The molecule has 2 atom stereocenters. The molecule has 0 fully saturated rings. The number of amides is 1. The molecule has 4 heteroatoms. The van der Waals surface area contributed by atoms with Gasteiger partial charge >= 0.3 is 6.09 Å². The Labute approximate surface area is 141 Å². The predicted octanol–water partition coefficient (Wildman–Crippen LogP) is 4.54. The number of nitrogens with two attached hydrogens (primary N) is 1. The zero-order chi connectivity index (χ0) is 17.2. The largest absolute Gasteiger partial charge is 0.410 e. The number of hydrogen-bond acceptors (Lipinski definition) is 3. The standard InChI is InChI=1S/C19H32N2O2/c1-5-6-7-8-11-16(14-15(2)21(3)4)17-12-9-10-13-18(17)23-19(20)22/h9-10,12-13,15-16H,5-8,11,14H2,1-4H3,(H2,20,22). The van der Waals surface area contributed by atoms with Crippen LogP contribution in [0.5, 0.6) is 5.75 Å². The van der Waals surface area contributed by atoms with Gasteiger partial charge < -0.3 is 15.4 Å². The summed E-state index contributed by atoms with van der Waals surface area (Å²) in [6, 6.07) is 8.24. The highest BCUT2D eigenvalue weighted by molar-refractivity contribution is 5.68. The van der Waals surface area contributed by atoms with Gasteiger partial charge in [-0.2, -0.15) is 0 Å². The van der Waals surface area contributed by atoms with Crippen molar-refractivity contribution in [1.82, 2.24) is 4.90 Å². The van der Waals surface area contributed by atoms with Gasteiger partial charge in [-0.3, -0.25) is 0 Å². The lowest BCUT2D eigenvalue weighted by Gasteiger charge is -2.27. The summed E-state index contributed by atoms with van der Waals surface area (Å²) in [5.41, 5.74) is 6.31. The van der Waals surface area contributed by atoms with Crippen LogP contribution >= 0.6 is 0 Å². The second kappa shape index (κ2) is 10.3. The van der Waals surface area contributed by atoms with E-state index < -0.39 is 6.09 Å². The van der Waals surface area contributed by atoms with Crippen molar-refractivity contribution in [3.63, 3.8) is 0 Å². The van der Waals surface area contributed by atoms with E-state index in [1.165, 1.54) is 25.7 Å². The van der Waals surface area contributed by atoms with Crippen LogP contribution in [0.15, 0.2) is 24.3 Å². The molecule has 0 saturated heterocycles. The van der Waals surface area contributed by atoms with Crippen molar-refractivity contribution < 1.29 is 9.53 Å². The van der Waals surface area contributed by atoms with E-state index in [1.807, 2.05) is 18.2 Å². The molecule has 0 aliphatic rings. The SMILES string of the molecule is CCCCCCC(CC(C)N(C)C)c1ccccc1OC(N)=O. The third kappa shape index (κ3) is 7.04. The van der Waals surface area contributed by atoms with Crippen molar-refractivity contribution >= 4 is 6.09 Å². The monoisotopic (exact) mass is 320 g/mol. The molecule has 1 aromatic carbocycles. The molecule has 0 heterocycles. The summed E-state index contributed by atoms with van der Waals surface area (Å²) in [5, 5.41) is 0. The highest BCUT2D eigenvalue weighted by Crippen LogP contribution is 2.34. The van der Waals surface area contributed by atoms with E-state index in [2.05, 4.69) is 38.9 Å². The van der Waals surface area contributed by atoms with Gasteiger partial charge in [0.15, 0.2) is 0 Å². The van der Waals surface area contributed by atoms with Gasteiger partial charge in [0, 0.05) is 6.04 Å². The van der Waals surface area contributed by atoms with Crippen molar-refractivity contribution in [3.05, 3.63) is 29.8 Å². The minimum Gasteiger partial charge on any atom is -0.410 e. The van der Waals surface area contributed by atoms with E-state index in [9.17, 15) is 4.79 Å². The predicted molar refractivity (Wildman–Crippen MR) is 95.9 cm³/mol. The third-order valence-corrected chi connectivity index (χ3v) is 4.48. The van der Waals surface area contributed by atoms with Crippen molar-refractivity contribution in [3.8, 4) is 5.75 Å². The first-order valence-electron chi connectivity index (χ1n) is 8.68. The highest BCUT2D eigenvalue weighted by atomic mass is 16.5. The van der Waals surface area contributed by atoms with E-state index in [0.29, 0.717) is 17.7 Å². The Balaban J connectivity index is 2.91. The quantitative estimate of drug-likeness (QED) is 0.644. The minimum atomic E-state index is -0.747. The molecule has 2 unspecified atom stereocenters. The lowest BCUT2D eigenvalue weighted by atomic mass is 9.87. The molecular weight excluding hydrogens is 288 g/mol. The highest BCUT2D eigenvalue weighted by Gasteiger charge is 2.20. The van der Waals surface area contributed by atoms with Crippen LogP contribution in [0.3, 0.4) is 0 Å². The van der Waals surface area contributed by atoms with Crippen LogP contribution in [0.4, 0.5) is 4.79 Å². The average molecular weight is 320 g/mol. The summed E-state index contributed by atoms with van der Waals surface area (Å²) < 4.78 is 5.22. The molecule has 2 N–H and O–H groups in total. The number of nitrogens with zero attached hydrogens (tertiary/aromatic N) is 1. The molecule has 0 spiro atoms. The summed E-state index contributed by atoms with van der Waals surface area (Å²) in [5.74, 6) is 0.978. The fourth-order valence-corrected chi connectivity index (χ4v) is 2.86. The fourth-order valence-electron chi connectivity index (χ4n) is 2.86. The number of carbonyl (C=O) groups is 1. The van der Waals surface area contributed by atoms with Gasteiger partial charge in [-0.1, -0.05) is 50.8 Å². The number of benzene rings is 1. The van der Waals surface area contributed by atoms with Crippen LogP contribution in [0.25, 0.3) is 0 Å². The van der Waals surface area contributed by atoms with E-state index in [-0.39, 0.29) is 0 Å². The number of rotatable bonds is 10. The fraction of sp³-hybridized carbons (Fsp3) is 0.632. The molecule has 1 aromatic rings. The van der Waals surface area contributed by atoms with Gasteiger partial charge in [0.05, 0.1) is 0 Å². The van der Waals surface area contributed by atoms with Gasteiger partial charge in [-0.05, 0) is 51.4 Å². The molecule has 0 radical (unpaired) electrons. The van der Waals surface area contributed by atoms with Crippen molar-refractivity contribution in [2.45, 2.75) is 64.3 Å². The first-order chi connectivity index (χ1) is 11.0. The molecule has 23 heavy (non-hydrogen) atoms. The molecule has 0 aliphatic heterocycles. The van der Waals surface area contributed by atoms with E-state index in [4.69, 9.17) is 10.5 Å². The Bertz CT molecular complexity index is 474. The summed E-state index contributed by atoms with van der Waals surface area (Å²) in [7, 11) is 4.20. The molecule has 130 valence electrons. The Hall–Kier alpha value is -1.55. The molecule has 0 saturated carbocycles. The maximum atomic E-state index is 11.2. The maximum Gasteiger partial charge on any atom is 0.409 e. The maximum absolute atomic E-state index is 11.2. The van der Waals surface area contributed by atoms with Crippen molar-refractivity contribution in [2.75, 3.05) is 14.1 Å². The third-order valence-electron chi connectivity index (χ3n) is 4.48. The molecule has 0 bridgehead atoms. The number of primary amides is 1. The van der Waals surface area contributed by atoms with Crippen LogP contribution in [0.1, 0.15) is 63.9 Å². The van der Waals surface area contributed by atoms with E-state index in [1.54, 1.807) is 0 Å². The van der Waals surface area contributed by atoms with Gasteiger partial charge in [0.2, 0.25) is 0 Å². The summed E-state index contributed by atoms with van der Waals surface area (Å²) in [4.78, 5) is 13.4. The summed E-state index contributed by atoms with van der Waals surface area (Å²) >= 11 is 0. The number of ether oxygens (including phenoxy) is 1. The van der Waals surface area contributed by atoms with Gasteiger partial charge in [0.1, 0.15) is 5.75 Å². The molecule has 0 aliphatic carbocycles. The van der Waals surface area contributed by atoms with Gasteiger partial charge in [-0.25, -0.2) is 4.79 Å². The number of carbonyl (C=O) groups excluding carboxylic acids is 1. The zero-order valence-electron chi connectivity index (χ0n) is 15.0. The van der Waals surface area contributed by atoms with Crippen molar-refractivity contribution in [2.24, 2.45) is 5.73 Å². The first kappa shape index (κ1) is 19.5. The normalized spacial score (nSPS) is 13.8. The Morgan fingerprint density at radius 1 is 1.22 bits per heavy atom. The van der Waals surface area contributed by atoms with Crippen molar-refractivity contribution in [1.29, 1.82) is 0 Å². The molecule has 4 nitrogen and oxygen atoms in total.